The Balaban J connectivity index is 0.00000240. The molecule has 8 heteroatoms. The quantitative estimate of drug-likeness (QED) is 0.725. The van der Waals surface area contributed by atoms with Crippen molar-refractivity contribution in [2.75, 3.05) is 13.1 Å². The van der Waals surface area contributed by atoms with Crippen molar-refractivity contribution in [1.82, 2.24) is 15.0 Å². The summed E-state index contributed by atoms with van der Waals surface area (Å²) >= 11 is 0. The maximum absolute atomic E-state index is 12.5. The first kappa shape index (κ1) is 22.0. The number of benzene rings is 1. The Kier molecular flexibility index (Phi) is 7.16. The number of sulfonamides is 1. The predicted molar refractivity (Wildman–Crippen MR) is 115 cm³/mol. The number of aromatic nitrogens is 1. The highest BCUT2D eigenvalue weighted by atomic mass is 35.5. The van der Waals surface area contributed by atoms with Crippen molar-refractivity contribution in [3.05, 3.63) is 54.2 Å². The summed E-state index contributed by atoms with van der Waals surface area (Å²) in [7, 11) is -3.50. The fourth-order valence-corrected chi connectivity index (χ4v) is 5.37. The molecule has 158 valence electrons. The topological polar surface area (TPSA) is 80.3 Å². The maximum Gasteiger partial charge on any atom is 0.240 e. The van der Waals surface area contributed by atoms with Gasteiger partial charge in [-0.2, -0.15) is 0 Å². The van der Waals surface area contributed by atoms with E-state index in [0.29, 0.717) is 23.1 Å². The summed E-state index contributed by atoms with van der Waals surface area (Å²) < 4.78 is 34.1. The minimum absolute atomic E-state index is 0. The van der Waals surface area contributed by atoms with Gasteiger partial charge in [0.1, 0.15) is 6.10 Å². The van der Waals surface area contributed by atoms with Crippen molar-refractivity contribution in [2.24, 2.45) is 5.92 Å². The Bertz CT molecular complexity index is 904. The van der Waals surface area contributed by atoms with Crippen molar-refractivity contribution < 1.29 is 13.2 Å². The molecule has 0 amide bonds. The monoisotopic (exact) mass is 437 g/mol. The van der Waals surface area contributed by atoms with Gasteiger partial charge < -0.3 is 10.1 Å². The fraction of sp³-hybridized carbons (Fsp3) is 0.476. The van der Waals surface area contributed by atoms with E-state index in [0.717, 1.165) is 25.9 Å². The van der Waals surface area contributed by atoms with Gasteiger partial charge in [-0.1, -0.05) is 31.2 Å². The van der Waals surface area contributed by atoms with Crippen molar-refractivity contribution in [3.63, 3.8) is 0 Å². The molecule has 1 saturated carbocycles. The maximum atomic E-state index is 12.5. The fourth-order valence-electron chi connectivity index (χ4n) is 4.01. The summed E-state index contributed by atoms with van der Waals surface area (Å²) in [4.78, 5) is 4.77. The van der Waals surface area contributed by atoms with E-state index in [1.807, 2.05) is 19.1 Å². The lowest BCUT2D eigenvalue weighted by atomic mass is 9.78. The Hall–Kier alpha value is -1.67. The molecule has 1 aliphatic heterocycles. The zero-order valence-corrected chi connectivity index (χ0v) is 18.1. The Morgan fingerprint density at radius 3 is 2.52 bits per heavy atom. The number of ether oxygens (including phenoxy) is 1. The SMILES string of the molecule is CC1C(NS(=O)(=O)c2ccccc2)CC1Oc1ncccc1C1CCNCC1.Cl. The Labute approximate surface area is 178 Å². The second-order valence-corrected chi connectivity index (χ2v) is 9.43. The predicted octanol–water partition coefficient (Wildman–Crippen LogP) is 3.10. The van der Waals surface area contributed by atoms with Gasteiger partial charge in [-0.15, -0.1) is 12.4 Å². The van der Waals surface area contributed by atoms with E-state index in [1.54, 1.807) is 30.5 Å². The third-order valence-corrected chi connectivity index (χ3v) is 7.42. The van der Waals surface area contributed by atoms with Gasteiger partial charge in [0.25, 0.3) is 0 Å². The van der Waals surface area contributed by atoms with Crippen molar-refractivity contribution in [3.8, 4) is 5.88 Å². The highest BCUT2D eigenvalue weighted by Gasteiger charge is 2.42. The lowest BCUT2D eigenvalue weighted by Crippen LogP contribution is -2.56. The van der Waals surface area contributed by atoms with Gasteiger partial charge in [-0.25, -0.2) is 18.1 Å². The second-order valence-electron chi connectivity index (χ2n) is 7.71. The van der Waals surface area contributed by atoms with Crippen LogP contribution in [0.1, 0.15) is 37.7 Å². The molecule has 2 fully saturated rings. The molecule has 0 radical (unpaired) electrons. The number of hydrogen-bond donors (Lipinski definition) is 2. The van der Waals surface area contributed by atoms with Crippen molar-refractivity contribution in [1.29, 1.82) is 0 Å². The minimum atomic E-state index is -3.50. The van der Waals surface area contributed by atoms with Gasteiger partial charge in [0, 0.05) is 30.1 Å². The molecule has 0 spiro atoms. The molecular weight excluding hydrogens is 410 g/mol. The summed E-state index contributed by atoms with van der Waals surface area (Å²) in [5.74, 6) is 1.25. The molecule has 2 aliphatic rings. The zero-order valence-electron chi connectivity index (χ0n) is 16.5. The molecule has 1 saturated heterocycles. The number of pyridine rings is 1. The van der Waals surface area contributed by atoms with Crippen LogP contribution in [0.2, 0.25) is 0 Å². The third-order valence-electron chi connectivity index (χ3n) is 5.91. The summed E-state index contributed by atoms with van der Waals surface area (Å²) in [5, 5.41) is 3.39. The van der Waals surface area contributed by atoms with Gasteiger partial charge in [0.15, 0.2) is 0 Å². The van der Waals surface area contributed by atoms with Gasteiger partial charge in [0.05, 0.1) is 4.90 Å². The molecule has 29 heavy (non-hydrogen) atoms. The number of nitrogens with one attached hydrogen (secondary N) is 2. The summed E-state index contributed by atoms with van der Waals surface area (Å²) in [6.07, 6.45) is 4.55. The molecule has 1 aliphatic carbocycles. The number of halogens is 1. The molecule has 2 aromatic rings. The van der Waals surface area contributed by atoms with Gasteiger partial charge in [-0.3, -0.25) is 0 Å². The average molecular weight is 438 g/mol. The average Bonchev–Trinajstić information content (AvgIpc) is 2.74. The number of hydrogen-bond acceptors (Lipinski definition) is 5. The summed E-state index contributed by atoms with van der Waals surface area (Å²) in [6, 6.07) is 12.4. The van der Waals surface area contributed by atoms with Crippen LogP contribution in [-0.4, -0.2) is 38.6 Å². The van der Waals surface area contributed by atoms with Crippen LogP contribution in [0.5, 0.6) is 5.88 Å². The van der Waals surface area contributed by atoms with Gasteiger partial charge in [0.2, 0.25) is 15.9 Å². The van der Waals surface area contributed by atoms with Crippen molar-refractivity contribution >= 4 is 22.4 Å². The first-order valence-electron chi connectivity index (χ1n) is 9.94. The molecule has 1 aromatic carbocycles. The molecular formula is C21H28ClN3O3S. The Morgan fingerprint density at radius 2 is 1.83 bits per heavy atom. The van der Waals surface area contributed by atoms with Crippen LogP contribution in [0.25, 0.3) is 0 Å². The first-order chi connectivity index (χ1) is 13.5. The van der Waals surface area contributed by atoms with E-state index in [9.17, 15) is 8.42 Å². The normalized spacial score (nSPS) is 24.9. The molecule has 3 atom stereocenters. The molecule has 6 nitrogen and oxygen atoms in total. The largest absolute Gasteiger partial charge is 0.474 e. The first-order valence-corrected chi connectivity index (χ1v) is 11.4. The van der Waals surface area contributed by atoms with Gasteiger partial charge in [-0.05, 0) is 50.0 Å². The molecule has 1 aromatic heterocycles. The number of nitrogens with zero attached hydrogens (tertiary/aromatic N) is 1. The summed E-state index contributed by atoms with van der Waals surface area (Å²) in [5.41, 5.74) is 1.17. The lowest BCUT2D eigenvalue weighted by Gasteiger charge is -2.42. The van der Waals surface area contributed by atoms with E-state index in [4.69, 9.17) is 4.74 Å². The van der Waals surface area contributed by atoms with E-state index in [2.05, 4.69) is 21.1 Å². The molecule has 3 unspecified atom stereocenters. The lowest BCUT2D eigenvalue weighted by molar-refractivity contribution is 0.0252. The smallest absolute Gasteiger partial charge is 0.240 e. The molecule has 0 bridgehead atoms. The van der Waals surface area contributed by atoms with Gasteiger partial charge >= 0.3 is 0 Å². The van der Waals surface area contributed by atoms with E-state index in [-0.39, 0.29) is 30.5 Å². The molecule has 2 N–H and O–H groups in total. The zero-order chi connectivity index (χ0) is 19.6. The minimum Gasteiger partial charge on any atom is -0.474 e. The van der Waals surface area contributed by atoms with Crippen LogP contribution in [0.3, 0.4) is 0 Å². The third kappa shape index (κ3) is 4.91. The highest BCUT2D eigenvalue weighted by Crippen LogP contribution is 2.36. The van der Waals surface area contributed by atoms with Crippen LogP contribution in [-0.2, 0) is 10.0 Å². The Morgan fingerprint density at radius 1 is 1.10 bits per heavy atom. The molecule has 2 heterocycles. The van der Waals surface area contributed by atoms with E-state index < -0.39 is 10.0 Å². The van der Waals surface area contributed by atoms with E-state index >= 15 is 0 Å². The van der Waals surface area contributed by atoms with Crippen LogP contribution in [0.4, 0.5) is 0 Å². The van der Waals surface area contributed by atoms with Crippen LogP contribution in [0, 0.1) is 5.92 Å². The number of piperidine rings is 1. The standard InChI is InChI=1S/C21H27N3O3S.ClH/c1-15-19(24-28(25,26)17-6-3-2-4-7-17)14-20(15)27-21-18(8-5-11-23-21)16-9-12-22-13-10-16;/h2-8,11,15-16,19-20,22,24H,9-10,12-14H2,1H3;1H. The second kappa shape index (κ2) is 9.43. The van der Waals surface area contributed by atoms with Crippen molar-refractivity contribution in [2.45, 2.75) is 49.1 Å². The highest BCUT2D eigenvalue weighted by molar-refractivity contribution is 7.89. The van der Waals surface area contributed by atoms with Crippen LogP contribution in [0.15, 0.2) is 53.6 Å². The summed E-state index contributed by atoms with van der Waals surface area (Å²) in [6.45, 7) is 4.06. The number of rotatable bonds is 6. The molecule has 4 rings (SSSR count). The van der Waals surface area contributed by atoms with Crippen LogP contribution < -0.4 is 14.8 Å². The van der Waals surface area contributed by atoms with E-state index in [1.165, 1.54) is 5.56 Å². The van der Waals surface area contributed by atoms with Crippen LogP contribution >= 0.6 is 12.4 Å².